The second-order valence-electron chi connectivity index (χ2n) is 5.29. The SMILES string of the molecule is CC(C)(C)Oc1cccc(-c2ccc(S)cc2)c1. The number of hydrogen-bond acceptors (Lipinski definition) is 2. The van der Waals surface area contributed by atoms with Crippen LogP contribution in [0, 0.1) is 0 Å². The zero-order valence-corrected chi connectivity index (χ0v) is 11.9. The van der Waals surface area contributed by atoms with Gasteiger partial charge in [-0.3, -0.25) is 0 Å². The Morgan fingerprint density at radius 1 is 0.889 bits per heavy atom. The summed E-state index contributed by atoms with van der Waals surface area (Å²) in [6.07, 6.45) is 0. The van der Waals surface area contributed by atoms with Gasteiger partial charge in [-0.05, 0) is 56.2 Å². The van der Waals surface area contributed by atoms with Gasteiger partial charge in [0.05, 0.1) is 0 Å². The molecule has 0 saturated carbocycles. The van der Waals surface area contributed by atoms with Gasteiger partial charge in [-0.2, -0.15) is 0 Å². The minimum atomic E-state index is -0.173. The Hall–Kier alpha value is -1.41. The Balaban J connectivity index is 2.29. The van der Waals surface area contributed by atoms with E-state index in [9.17, 15) is 0 Å². The van der Waals surface area contributed by atoms with Gasteiger partial charge >= 0.3 is 0 Å². The highest BCUT2D eigenvalue weighted by Crippen LogP contribution is 2.26. The molecule has 0 spiro atoms. The van der Waals surface area contributed by atoms with Gasteiger partial charge in [0.25, 0.3) is 0 Å². The maximum atomic E-state index is 5.87. The predicted octanol–water partition coefficient (Wildman–Crippen LogP) is 4.82. The molecule has 0 atom stereocenters. The van der Waals surface area contributed by atoms with Crippen LogP contribution in [-0.2, 0) is 0 Å². The van der Waals surface area contributed by atoms with E-state index in [1.54, 1.807) is 0 Å². The van der Waals surface area contributed by atoms with Crippen LogP contribution in [0.15, 0.2) is 53.4 Å². The van der Waals surface area contributed by atoms with E-state index in [0.717, 1.165) is 16.2 Å². The van der Waals surface area contributed by atoms with Crippen LogP contribution in [-0.4, -0.2) is 5.60 Å². The third kappa shape index (κ3) is 3.54. The molecule has 18 heavy (non-hydrogen) atoms. The summed E-state index contributed by atoms with van der Waals surface area (Å²) in [5, 5.41) is 0. The van der Waals surface area contributed by atoms with Crippen molar-refractivity contribution in [1.82, 2.24) is 0 Å². The molecule has 0 amide bonds. The molecular weight excluding hydrogens is 240 g/mol. The highest BCUT2D eigenvalue weighted by atomic mass is 32.1. The monoisotopic (exact) mass is 258 g/mol. The Kier molecular flexibility index (Phi) is 3.67. The quantitative estimate of drug-likeness (QED) is 0.760. The molecule has 94 valence electrons. The molecule has 0 bridgehead atoms. The lowest BCUT2D eigenvalue weighted by Crippen LogP contribution is -2.22. The highest BCUT2D eigenvalue weighted by Gasteiger charge is 2.11. The number of hydrogen-bond donors (Lipinski definition) is 1. The maximum Gasteiger partial charge on any atom is 0.120 e. The molecule has 0 N–H and O–H groups in total. The summed E-state index contributed by atoms with van der Waals surface area (Å²) < 4.78 is 5.87. The topological polar surface area (TPSA) is 9.23 Å². The third-order valence-corrected chi connectivity index (χ3v) is 2.76. The molecule has 0 aliphatic rings. The van der Waals surface area contributed by atoms with Crippen LogP contribution in [0.4, 0.5) is 0 Å². The molecule has 0 aromatic heterocycles. The molecule has 0 saturated heterocycles. The van der Waals surface area contributed by atoms with Crippen molar-refractivity contribution in [2.24, 2.45) is 0 Å². The normalized spacial score (nSPS) is 11.3. The standard InChI is InChI=1S/C16H18OS/c1-16(2,3)17-14-6-4-5-13(11-14)12-7-9-15(18)10-8-12/h4-11,18H,1-3H3. The second-order valence-corrected chi connectivity index (χ2v) is 5.81. The summed E-state index contributed by atoms with van der Waals surface area (Å²) in [7, 11) is 0. The number of rotatable bonds is 2. The molecule has 1 nitrogen and oxygen atoms in total. The van der Waals surface area contributed by atoms with Crippen molar-refractivity contribution in [3.63, 3.8) is 0 Å². The molecule has 0 radical (unpaired) electrons. The van der Waals surface area contributed by atoms with E-state index in [-0.39, 0.29) is 5.60 Å². The smallest absolute Gasteiger partial charge is 0.120 e. The van der Waals surface area contributed by atoms with Crippen LogP contribution in [0.5, 0.6) is 5.75 Å². The van der Waals surface area contributed by atoms with E-state index >= 15 is 0 Å². The summed E-state index contributed by atoms with van der Waals surface area (Å²) in [5.74, 6) is 0.898. The first kappa shape index (κ1) is 13.0. The van der Waals surface area contributed by atoms with Gasteiger partial charge in [0.15, 0.2) is 0 Å². The van der Waals surface area contributed by atoms with Crippen molar-refractivity contribution < 1.29 is 4.74 Å². The van der Waals surface area contributed by atoms with Crippen LogP contribution >= 0.6 is 12.6 Å². The molecule has 2 heteroatoms. The van der Waals surface area contributed by atoms with Crippen LogP contribution < -0.4 is 4.74 Å². The summed E-state index contributed by atoms with van der Waals surface area (Å²) in [6.45, 7) is 6.15. The van der Waals surface area contributed by atoms with Gasteiger partial charge in [0, 0.05) is 4.90 Å². The van der Waals surface area contributed by atoms with Crippen molar-refractivity contribution in [2.75, 3.05) is 0 Å². The molecule has 0 aliphatic heterocycles. The van der Waals surface area contributed by atoms with Crippen molar-refractivity contribution in [3.05, 3.63) is 48.5 Å². The van der Waals surface area contributed by atoms with E-state index < -0.39 is 0 Å². The molecule has 0 heterocycles. The highest BCUT2D eigenvalue weighted by molar-refractivity contribution is 7.80. The Morgan fingerprint density at radius 2 is 1.56 bits per heavy atom. The van der Waals surface area contributed by atoms with Crippen LogP contribution in [0.2, 0.25) is 0 Å². The first-order valence-corrected chi connectivity index (χ1v) is 6.47. The summed E-state index contributed by atoms with van der Waals surface area (Å²) in [6, 6.07) is 16.3. The molecule has 0 unspecified atom stereocenters. The fraction of sp³-hybridized carbons (Fsp3) is 0.250. The van der Waals surface area contributed by atoms with Crippen molar-refractivity contribution in [3.8, 4) is 16.9 Å². The van der Waals surface area contributed by atoms with Gasteiger partial charge < -0.3 is 4.74 Å². The lowest BCUT2D eigenvalue weighted by atomic mass is 10.1. The minimum Gasteiger partial charge on any atom is -0.488 e. The second kappa shape index (κ2) is 5.07. The molecule has 2 rings (SSSR count). The number of ether oxygens (including phenoxy) is 1. The van der Waals surface area contributed by atoms with Crippen LogP contribution in [0.1, 0.15) is 20.8 Å². The van der Waals surface area contributed by atoms with Gasteiger partial charge in [-0.1, -0.05) is 24.3 Å². The van der Waals surface area contributed by atoms with E-state index in [0.29, 0.717) is 0 Å². The van der Waals surface area contributed by atoms with Gasteiger partial charge in [0.2, 0.25) is 0 Å². The van der Waals surface area contributed by atoms with Crippen molar-refractivity contribution >= 4 is 12.6 Å². The van der Waals surface area contributed by atoms with Crippen LogP contribution in [0.3, 0.4) is 0 Å². The van der Waals surface area contributed by atoms with Crippen molar-refractivity contribution in [1.29, 1.82) is 0 Å². The fourth-order valence-corrected chi connectivity index (χ4v) is 1.90. The van der Waals surface area contributed by atoms with E-state index in [1.165, 1.54) is 5.56 Å². The minimum absolute atomic E-state index is 0.173. The third-order valence-electron chi connectivity index (χ3n) is 2.46. The number of thiol groups is 1. The molecule has 2 aromatic rings. The van der Waals surface area contributed by atoms with E-state index in [1.807, 2.05) is 24.3 Å². The van der Waals surface area contributed by atoms with Crippen molar-refractivity contribution in [2.45, 2.75) is 31.3 Å². The van der Waals surface area contributed by atoms with E-state index in [4.69, 9.17) is 4.74 Å². The molecule has 0 fully saturated rings. The lowest BCUT2D eigenvalue weighted by molar-refractivity contribution is 0.131. The van der Waals surface area contributed by atoms with Crippen LogP contribution in [0.25, 0.3) is 11.1 Å². The van der Waals surface area contributed by atoms with Gasteiger partial charge in [-0.15, -0.1) is 12.6 Å². The lowest BCUT2D eigenvalue weighted by Gasteiger charge is -2.21. The molecule has 2 aromatic carbocycles. The molecular formula is C16H18OS. The van der Waals surface area contributed by atoms with Gasteiger partial charge in [-0.25, -0.2) is 0 Å². The average molecular weight is 258 g/mol. The zero-order chi connectivity index (χ0) is 13.2. The Bertz CT molecular complexity index is 524. The van der Waals surface area contributed by atoms with E-state index in [2.05, 4.69) is 57.7 Å². The first-order chi connectivity index (χ1) is 8.44. The Labute approximate surface area is 114 Å². The zero-order valence-electron chi connectivity index (χ0n) is 11.0. The van der Waals surface area contributed by atoms with Gasteiger partial charge in [0.1, 0.15) is 11.4 Å². The first-order valence-electron chi connectivity index (χ1n) is 6.02. The predicted molar refractivity (Wildman–Crippen MR) is 79.5 cm³/mol. The molecule has 0 aliphatic carbocycles. The average Bonchev–Trinajstić information content (AvgIpc) is 2.28. The largest absolute Gasteiger partial charge is 0.488 e. The Morgan fingerprint density at radius 3 is 2.17 bits per heavy atom. The maximum absolute atomic E-state index is 5.87. The summed E-state index contributed by atoms with van der Waals surface area (Å²) >= 11 is 4.30. The summed E-state index contributed by atoms with van der Waals surface area (Å²) in [4.78, 5) is 0.973. The fourth-order valence-electron chi connectivity index (χ4n) is 1.75. The summed E-state index contributed by atoms with van der Waals surface area (Å²) in [5.41, 5.74) is 2.16. The number of benzene rings is 2.